The van der Waals surface area contributed by atoms with Gasteiger partial charge in [-0.1, -0.05) is 25.3 Å². The van der Waals surface area contributed by atoms with Crippen LogP contribution < -0.4 is 16.4 Å². The van der Waals surface area contributed by atoms with E-state index in [4.69, 9.17) is 10.1 Å². The summed E-state index contributed by atoms with van der Waals surface area (Å²) in [5.41, 5.74) is 1.80. The fourth-order valence-corrected chi connectivity index (χ4v) is 4.13. The van der Waals surface area contributed by atoms with Crippen LogP contribution in [-0.2, 0) is 11.3 Å². The van der Waals surface area contributed by atoms with Crippen molar-refractivity contribution in [2.75, 3.05) is 13.7 Å². The lowest BCUT2D eigenvalue weighted by Gasteiger charge is -2.23. The molecule has 8 heteroatoms. The van der Waals surface area contributed by atoms with Crippen molar-refractivity contribution in [2.45, 2.75) is 51.6 Å². The third kappa shape index (κ3) is 3.75. The van der Waals surface area contributed by atoms with E-state index >= 15 is 0 Å². The summed E-state index contributed by atoms with van der Waals surface area (Å²) in [5.74, 6) is -0.311. The van der Waals surface area contributed by atoms with E-state index in [0.29, 0.717) is 29.8 Å². The zero-order valence-corrected chi connectivity index (χ0v) is 17.4. The fourth-order valence-electron chi connectivity index (χ4n) is 4.13. The third-order valence-corrected chi connectivity index (χ3v) is 5.76. The number of aromatic nitrogens is 3. The van der Waals surface area contributed by atoms with E-state index in [1.54, 1.807) is 23.9 Å². The topological polar surface area (TPSA) is 101 Å². The van der Waals surface area contributed by atoms with Crippen molar-refractivity contribution in [1.29, 1.82) is 5.41 Å². The number of rotatable bonds is 5. The highest BCUT2D eigenvalue weighted by atomic mass is 16.5. The van der Waals surface area contributed by atoms with E-state index < -0.39 is 0 Å². The first-order valence-electron chi connectivity index (χ1n) is 10.4. The molecule has 0 unspecified atom stereocenters. The van der Waals surface area contributed by atoms with Crippen LogP contribution >= 0.6 is 0 Å². The van der Waals surface area contributed by atoms with Crippen molar-refractivity contribution < 1.29 is 9.53 Å². The molecule has 0 aromatic carbocycles. The minimum atomic E-state index is -0.311. The smallest absolute Gasteiger partial charge is 0.267 e. The Balaban J connectivity index is 1.89. The van der Waals surface area contributed by atoms with Crippen LogP contribution in [0.5, 0.6) is 0 Å². The minimum Gasteiger partial charge on any atom is -0.383 e. The highest BCUT2D eigenvalue weighted by molar-refractivity contribution is 5.97. The Kier molecular flexibility index (Phi) is 5.67. The van der Waals surface area contributed by atoms with Gasteiger partial charge in [-0.15, -0.1) is 0 Å². The molecule has 1 amide bonds. The van der Waals surface area contributed by atoms with Crippen LogP contribution in [0.2, 0.25) is 0 Å². The molecule has 1 aliphatic carbocycles. The number of nitrogens with zero attached hydrogens (tertiary/aromatic N) is 3. The summed E-state index contributed by atoms with van der Waals surface area (Å²) in [4.78, 5) is 30.9. The molecule has 3 aromatic heterocycles. The van der Waals surface area contributed by atoms with Crippen molar-refractivity contribution in [1.82, 2.24) is 19.3 Å². The van der Waals surface area contributed by atoms with Crippen LogP contribution in [-0.4, -0.2) is 39.6 Å². The first kappa shape index (κ1) is 20.3. The van der Waals surface area contributed by atoms with E-state index in [2.05, 4.69) is 10.3 Å². The number of methoxy groups -OCH3 is 1. The molecule has 0 bridgehead atoms. The second-order valence-electron chi connectivity index (χ2n) is 7.95. The Morgan fingerprint density at radius 1 is 1.30 bits per heavy atom. The Hall–Kier alpha value is -3.00. The zero-order chi connectivity index (χ0) is 21.3. The summed E-state index contributed by atoms with van der Waals surface area (Å²) in [6.07, 6.45) is 7.02. The van der Waals surface area contributed by atoms with E-state index in [9.17, 15) is 9.59 Å². The molecule has 1 fully saturated rings. The Morgan fingerprint density at radius 2 is 2.07 bits per heavy atom. The van der Waals surface area contributed by atoms with Crippen LogP contribution in [0.15, 0.2) is 29.2 Å². The fraction of sp³-hybridized carbons (Fsp3) is 0.455. The SMILES string of the molecule is COCCn1c(=N)c(C(=O)NC2CCCCC2)cc2c(=O)n3cc(C)ccc3nc21. The van der Waals surface area contributed by atoms with Gasteiger partial charge in [0.25, 0.3) is 11.5 Å². The second-order valence-corrected chi connectivity index (χ2v) is 7.95. The molecule has 1 aliphatic rings. The molecule has 2 N–H and O–H groups in total. The molecule has 3 aromatic rings. The summed E-state index contributed by atoms with van der Waals surface area (Å²) < 4.78 is 8.27. The number of hydrogen-bond acceptors (Lipinski definition) is 5. The largest absolute Gasteiger partial charge is 0.383 e. The Bertz CT molecular complexity index is 1220. The lowest BCUT2D eigenvalue weighted by atomic mass is 9.95. The van der Waals surface area contributed by atoms with Gasteiger partial charge in [0.05, 0.1) is 17.6 Å². The van der Waals surface area contributed by atoms with Crippen LogP contribution in [0, 0.1) is 12.3 Å². The van der Waals surface area contributed by atoms with Crippen LogP contribution in [0.25, 0.3) is 16.7 Å². The number of fused-ring (bicyclic) bond motifs is 2. The highest BCUT2D eigenvalue weighted by Crippen LogP contribution is 2.18. The van der Waals surface area contributed by atoms with E-state index in [0.717, 1.165) is 31.2 Å². The van der Waals surface area contributed by atoms with E-state index in [1.165, 1.54) is 16.9 Å². The number of pyridine rings is 2. The predicted molar refractivity (Wildman–Crippen MR) is 114 cm³/mol. The summed E-state index contributed by atoms with van der Waals surface area (Å²) >= 11 is 0. The Morgan fingerprint density at radius 3 is 2.80 bits per heavy atom. The van der Waals surface area contributed by atoms with Gasteiger partial charge >= 0.3 is 0 Å². The Labute approximate surface area is 174 Å². The third-order valence-electron chi connectivity index (χ3n) is 5.76. The quantitative estimate of drug-likeness (QED) is 0.631. The van der Waals surface area contributed by atoms with Crippen molar-refractivity contribution in [3.63, 3.8) is 0 Å². The van der Waals surface area contributed by atoms with Gasteiger partial charge in [-0.2, -0.15) is 0 Å². The van der Waals surface area contributed by atoms with Crippen molar-refractivity contribution in [3.8, 4) is 0 Å². The number of hydrogen-bond donors (Lipinski definition) is 2. The summed E-state index contributed by atoms with van der Waals surface area (Å²) in [7, 11) is 1.58. The number of carbonyl (C=O) groups is 1. The molecule has 1 saturated carbocycles. The van der Waals surface area contributed by atoms with Gasteiger partial charge < -0.3 is 14.6 Å². The molecular weight excluding hydrogens is 382 g/mol. The minimum absolute atomic E-state index is 0.0382. The number of carbonyl (C=O) groups excluding carboxylic acids is 1. The number of amides is 1. The van der Waals surface area contributed by atoms with Gasteiger partial charge in [-0.05, 0) is 37.5 Å². The molecule has 158 valence electrons. The van der Waals surface area contributed by atoms with Gasteiger partial charge in [-0.3, -0.25) is 19.4 Å². The highest BCUT2D eigenvalue weighted by Gasteiger charge is 2.21. The molecular formula is C22H27N5O3. The molecule has 0 saturated heterocycles. The molecule has 8 nitrogen and oxygen atoms in total. The standard InChI is InChI=1S/C22H27N5O3/c1-14-8-9-18-25-20-17(22(29)27(18)13-14)12-16(19(23)26(20)10-11-30-2)21(28)24-15-6-4-3-5-7-15/h8-9,12-13,15,23H,3-7,10-11H2,1-2H3,(H,24,28). The zero-order valence-electron chi connectivity index (χ0n) is 17.4. The monoisotopic (exact) mass is 409 g/mol. The van der Waals surface area contributed by atoms with E-state index in [-0.39, 0.29) is 28.6 Å². The molecule has 0 radical (unpaired) electrons. The lowest BCUT2D eigenvalue weighted by Crippen LogP contribution is -2.40. The maximum atomic E-state index is 13.2. The maximum Gasteiger partial charge on any atom is 0.267 e. The molecule has 0 aliphatic heterocycles. The lowest BCUT2D eigenvalue weighted by molar-refractivity contribution is 0.0925. The summed E-state index contributed by atoms with van der Waals surface area (Å²) in [5, 5.41) is 12.0. The van der Waals surface area contributed by atoms with Gasteiger partial charge in [0.15, 0.2) is 0 Å². The second kappa shape index (κ2) is 8.39. The van der Waals surface area contributed by atoms with Crippen molar-refractivity contribution in [2.24, 2.45) is 0 Å². The average Bonchev–Trinajstić information content (AvgIpc) is 2.74. The summed E-state index contributed by atoms with van der Waals surface area (Å²) in [6.45, 7) is 2.57. The molecule has 4 rings (SSSR count). The van der Waals surface area contributed by atoms with Crippen LogP contribution in [0.3, 0.4) is 0 Å². The van der Waals surface area contributed by atoms with Gasteiger partial charge in [-0.25, -0.2) is 4.98 Å². The molecule has 0 spiro atoms. The average molecular weight is 409 g/mol. The van der Waals surface area contributed by atoms with Gasteiger partial charge in [0.1, 0.15) is 16.8 Å². The van der Waals surface area contributed by atoms with Gasteiger partial charge in [0.2, 0.25) is 0 Å². The van der Waals surface area contributed by atoms with Crippen molar-refractivity contribution in [3.05, 3.63) is 51.4 Å². The first-order chi connectivity index (χ1) is 14.5. The van der Waals surface area contributed by atoms with E-state index in [1.807, 2.05) is 13.0 Å². The summed E-state index contributed by atoms with van der Waals surface area (Å²) in [6, 6.07) is 5.31. The first-order valence-corrected chi connectivity index (χ1v) is 10.4. The normalized spacial score (nSPS) is 15.0. The van der Waals surface area contributed by atoms with Crippen molar-refractivity contribution >= 4 is 22.6 Å². The number of aryl methyl sites for hydroxylation is 1. The molecule has 30 heavy (non-hydrogen) atoms. The maximum absolute atomic E-state index is 13.2. The van der Waals surface area contributed by atoms with Crippen LogP contribution in [0.4, 0.5) is 0 Å². The predicted octanol–water partition coefficient (Wildman–Crippen LogP) is 2.15. The number of nitrogens with one attached hydrogen (secondary N) is 2. The molecule has 0 atom stereocenters. The molecule has 3 heterocycles. The van der Waals surface area contributed by atoms with Crippen LogP contribution in [0.1, 0.15) is 48.0 Å². The van der Waals surface area contributed by atoms with Gasteiger partial charge in [0, 0.05) is 25.9 Å². The number of ether oxygens (including phenoxy) is 1.